The van der Waals surface area contributed by atoms with E-state index in [1.54, 1.807) is 26.8 Å². The fourth-order valence-corrected chi connectivity index (χ4v) is 4.91. The Balaban J connectivity index is 1.89. The molecule has 1 aromatic carbocycles. The Kier molecular flexibility index (Phi) is 7.50. The van der Waals surface area contributed by atoms with Gasteiger partial charge in [-0.05, 0) is 43.0 Å². The number of rotatable bonds is 7. The van der Waals surface area contributed by atoms with Gasteiger partial charge in [0.25, 0.3) is 0 Å². The second-order valence-corrected chi connectivity index (χ2v) is 11.6. The molecule has 0 aliphatic heterocycles. The fourth-order valence-electron chi connectivity index (χ4n) is 3.62. The zero-order valence-corrected chi connectivity index (χ0v) is 20.6. The molecule has 0 radical (unpaired) electrons. The molecule has 1 fully saturated rings. The minimum absolute atomic E-state index is 0.00665. The first-order valence-corrected chi connectivity index (χ1v) is 12.6. The van der Waals surface area contributed by atoms with Crippen molar-refractivity contribution in [2.75, 3.05) is 24.3 Å². The van der Waals surface area contributed by atoms with Gasteiger partial charge < -0.3 is 15.4 Å². The van der Waals surface area contributed by atoms with E-state index in [0.29, 0.717) is 30.8 Å². The number of amides is 1. The number of pyridine rings is 1. The highest BCUT2D eigenvalue weighted by atomic mass is 32.2. The van der Waals surface area contributed by atoms with E-state index in [9.17, 15) is 22.0 Å². The Bertz CT molecular complexity index is 1140. The van der Waals surface area contributed by atoms with Crippen molar-refractivity contribution in [3.8, 4) is 5.88 Å². The summed E-state index contributed by atoms with van der Waals surface area (Å²) in [7, 11) is -2.52. The summed E-state index contributed by atoms with van der Waals surface area (Å²) in [6.45, 7) is 5.70. The van der Waals surface area contributed by atoms with Gasteiger partial charge in [-0.3, -0.25) is 4.79 Å². The fraction of sp³-hybridized carbons (Fsp3) is 0.500. The number of nitrogens with one attached hydrogen (secondary N) is 2. The van der Waals surface area contributed by atoms with Gasteiger partial charge in [-0.15, -0.1) is 0 Å². The monoisotopic (exact) mass is 495 g/mol. The quantitative estimate of drug-likeness (QED) is 0.552. The third-order valence-electron chi connectivity index (χ3n) is 5.87. The molecule has 0 saturated heterocycles. The second kappa shape index (κ2) is 9.85. The third-order valence-corrected chi connectivity index (χ3v) is 7.62. The van der Waals surface area contributed by atoms with E-state index in [1.165, 1.54) is 37.6 Å². The van der Waals surface area contributed by atoms with Crippen LogP contribution in [0.15, 0.2) is 46.3 Å². The number of methoxy groups -OCH3 is 1. The van der Waals surface area contributed by atoms with Crippen molar-refractivity contribution in [1.29, 1.82) is 0 Å². The minimum Gasteiger partial charge on any atom is -0.481 e. The number of carbonyl (C=O) groups is 1. The molecule has 1 heterocycles. The lowest BCUT2D eigenvalue weighted by Crippen LogP contribution is -2.29. The second-order valence-electron chi connectivity index (χ2n) is 9.63. The number of benzene rings is 1. The number of hydrogen-bond acceptors (Lipinski definition) is 6. The minimum atomic E-state index is -3.91. The van der Waals surface area contributed by atoms with E-state index in [-0.39, 0.29) is 40.3 Å². The maximum absolute atomic E-state index is 13.5. The summed E-state index contributed by atoms with van der Waals surface area (Å²) in [6, 6.07) is 7.14. The van der Waals surface area contributed by atoms with Crippen LogP contribution in [-0.2, 0) is 14.6 Å². The molecule has 1 aliphatic rings. The largest absolute Gasteiger partial charge is 0.481 e. The third kappa shape index (κ3) is 6.22. The van der Waals surface area contributed by atoms with Gasteiger partial charge in [0.05, 0.1) is 28.3 Å². The molecule has 7 nitrogen and oxygen atoms in total. The number of carbonyl (C=O) groups excluding carboxylic acids is 1. The van der Waals surface area contributed by atoms with Gasteiger partial charge in [-0.2, -0.15) is 0 Å². The van der Waals surface area contributed by atoms with Crippen LogP contribution < -0.4 is 15.4 Å². The molecule has 2 N–H and O–H groups in total. The smallest absolute Gasteiger partial charge is 0.248 e. The molecule has 10 heteroatoms. The van der Waals surface area contributed by atoms with Crippen LogP contribution in [0.25, 0.3) is 0 Å². The van der Waals surface area contributed by atoms with Crippen molar-refractivity contribution in [3.63, 3.8) is 0 Å². The Morgan fingerprint density at radius 2 is 1.76 bits per heavy atom. The summed E-state index contributed by atoms with van der Waals surface area (Å²) in [5, 5.41) is 6.03. The average molecular weight is 496 g/mol. The van der Waals surface area contributed by atoms with Crippen LogP contribution in [0.2, 0.25) is 0 Å². The number of alkyl halides is 2. The van der Waals surface area contributed by atoms with E-state index >= 15 is 0 Å². The zero-order valence-electron chi connectivity index (χ0n) is 19.8. The lowest BCUT2D eigenvalue weighted by atomic mass is 9.87. The van der Waals surface area contributed by atoms with Gasteiger partial charge in [0.2, 0.25) is 27.5 Å². The molecule has 0 spiro atoms. The molecule has 0 unspecified atom stereocenters. The Morgan fingerprint density at radius 3 is 2.38 bits per heavy atom. The lowest BCUT2D eigenvalue weighted by molar-refractivity contribution is -0.123. The number of hydrogen-bond donors (Lipinski definition) is 2. The lowest BCUT2D eigenvalue weighted by Gasteiger charge is -2.29. The standard InChI is InChI=1S/C24H31F2N3O4S/c1-23(2,3)22(30)29-20-13-17(34(31,32)18-9-12-27-21(14-18)33-4)5-6-19(20)28-15-16-7-10-24(25,26)11-8-16/h5-6,9,12-14,16,28H,7-8,10-11,15H2,1-4H3,(H,29,30). The van der Waals surface area contributed by atoms with Gasteiger partial charge in [-0.1, -0.05) is 20.8 Å². The number of aromatic nitrogens is 1. The van der Waals surface area contributed by atoms with Crippen LogP contribution in [0.1, 0.15) is 46.5 Å². The van der Waals surface area contributed by atoms with Crippen LogP contribution in [0.5, 0.6) is 5.88 Å². The SMILES string of the molecule is COc1cc(S(=O)(=O)c2ccc(NCC3CCC(F)(F)CC3)c(NC(=O)C(C)(C)C)c2)ccn1. The van der Waals surface area contributed by atoms with Crippen LogP contribution in [0.3, 0.4) is 0 Å². The topological polar surface area (TPSA) is 97.4 Å². The summed E-state index contributed by atoms with van der Waals surface area (Å²) in [5.41, 5.74) is 0.129. The molecule has 2 aromatic rings. The van der Waals surface area contributed by atoms with Crippen molar-refractivity contribution in [2.24, 2.45) is 11.3 Å². The molecule has 0 bridgehead atoms. The van der Waals surface area contributed by atoms with Crippen molar-refractivity contribution < 1.29 is 26.7 Å². The molecule has 186 valence electrons. The predicted molar refractivity (Wildman–Crippen MR) is 126 cm³/mol. The van der Waals surface area contributed by atoms with Gasteiger partial charge in [0.1, 0.15) is 0 Å². The first-order chi connectivity index (χ1) is 15.8. The highest BCUT2D eigenvalue weighted by Gasteiger charge is 2.34. The zero-order chi connectivity index (χ0) is 25.1. The average Bonchev–Trinajstić information content (AvgIpc) is 2.78. The van der Waals surface area contributed by atoms with Gasteiger partial charge in [0, 0.05) is 37.1 Å². The molecule has 1 saturated carbocycles. The van der Waals surface area contributed by atoms with Crippen LogP contribution in [-0.4, -0.2) is 38.9 Å². The summed E-state index contributed by atoms with van der Waals surface area (Å²) < 4.78 is 58.4. The van der Waals surface area contributed by atoms with Gasteiger partial charge in [-0.25, -0.2) is 22.2 Å². The van der Waals surface area contributed by atoms with Crippen molar-refractivity contribution in [2.45, 2.75) is 62.2 Å². The van der Waals surface area contributed by atoms with E-state index in [4.69, 9.17) is 4.74 Å². The van der Waals surface area contributed by atoms with Gasteiger partial charge >= 0.3 is 0 Å². The van der Waals surface area contributed by atoms with Crippen LogP contribution >= 0.6 is 0 Å². The van der Waals surface area contributed by atoms with Crippen molar-refractivity contribution in [3.05, 3.63) is 36.5 Å². The maximum atomic E-state index is 13.5. The molecular formula is C24H31F2N3O4S. The van der Waals surface area contributed by atoms with Crippen molar-refractivity contribution >= 4 is 27.1 Å². The van der Waals surface area contributed by atoms with E-state index in [2.05, 4.69) is 15.6 Å². The predicted octanol–water partition coefficient (Wildman–Crippen LogP) is 5.15. The first kappa shape index (κ1) is 25.9. The number of nitrogens with zero attached hydrogens (tertiary/aromatic N) is 1. The van der Waals surface area contributed by atoms with E-state index < -0.39 is 21.2 Å². The van der Waals surface area contributed by atoms with Crippen LogP contribution in [0.4, 0.5) is 20.2 Å². The highest BCUT2D eigenvalue weighted by Crippen LogP contribution is 2.37. The molecule has 34 heavy (non-hydrogen) atoms. The summed E-state index contributed by atoms with van der Waals surface area (Å²) in [5.74, 6) is -2.65. The molecular weight excluding hydrogens is 464 g/mol. The maximum Gasteiger partial charge on any atom is 0.248 e. The molecule has 1 amide bonds. The molecule has 0 atom stereocenters. The Hall–Kier alpha value is -2.75. The summed E-state index contributed by atoms with van der Waals surface area (Å²) in [6.07, 6.45) is 1.87. The van der Waals surface area contributed by atoms with E-state index in [0.717, 1.165) is 0 Å². The Labute approximate surface area is 199 Å². The normalized spacial score (nSPS) is 16.6. The Morgan fingerprint density at radius 1 is 1.12 bits per heavy atom. The number of halogens is 2. The highest BCUT2D eigenvalue weighted by molar-refractivity contribution is 7.91. The van der Waals surface area contributed by atoms with E-state index in [1.807, 2.05) is 0 Å². The number of anilines is 2. The molecule has 3 rings (SSSR count). The summed E-state index contributed by atoms with van der Waals surface area (Å²) in [4.78, 5) is 16.6. The number of sulfone groups is 1. The number of ether oxygens (including phenoxy) is 1. The van der Waals surface area contributed by atoms with Crippen molar-refractivity contribution in [1.82, 2.24) is 4.98 Å². The van der Waals surface area contributed by atoms with Crippen LogP contribution in [0, 0.1) is 11.3 Å². The first-order valence-electron chi connectivity index (χ1n) is 11.1. The van der Waals surface area contributed by atoms with Gasteiger partial charge in [0.15, 0.2) is 0 Å². The summed E-state index contributed by atoms with van der Waals surface area (Å²) >= 11 is 0. The molecule has 1 aromatic heterocycles. The molecule has 1 aliphatic carbocycles.